The van der Waals surface area contributed by atoms with Crippen molar-refractivity contribution in [3.63, 3.8) is 0 Å². The highest BCUT2D eigenvalue weighted by Crippen LogP contribution is 2.37. The van der Waals surface area contributed by atoms with Crippen LogP contribution in [0.1, 0.15) is 17.0 Å². The summed E-state index contributed by atoms with van der Waals surface area (Å²) in [5, 5.41) is 0.666. The number of nitrogens with zero attached hydrogens (tertiary/aromatic N) is 3. The Morgan fingerprint density at radius 1 is 0.964 bits per heavy atom. The van der Waals surface area contributed by atoms with Crippen LogP contribution < -0.4 is 4.90 Å². The molecule has 0 saturated carbocycles. The van der Waals surface area contributed by atoms with E-state index in [1.807, 2.05) is 73.8 Å². The van der Waals surface area contributed by atoms with Gasteiger partial charge >= 0.3 is 0 Å². The van der Waals surface area contributed by atoms with Gasteiger partial charge in [0.05, 0.1) is 16.3 Å². The molecule has 0 spiro atoms. The van der Waals surface area contributed by atoms with Crippen LogP contribution in [0.25, 0.3) is 6.08 Å². The van der Waals surface area contributed by atoms with Crippen molar-refractivity contribution in [3.8, 4) is 0 Å². The molecule has 4 rings (SSSR count). The van der Waals surface area contributed by atoms with Crippen molar-refractivity contribution in [2.45, 2.75) is 13.8 Å². The van der Waals surface area contributed by atoms with E-state index in [0.29, 0.717) is 10.1 Å². The average molecular weight is 388 g/mol. The highest BCUT2D eigenvalue weighted by Gasteiger charge is 2.34. The van der Waals surface area contributed by atoms with Gasteiger partial charge in [-0.05, 0) is 67.6 Å². The fourth-order valence-electron chi connectivity index (χ4n) is 3.14. The van der Waals surface area contributed by atoms with Crippen molar-refractivity contribution in [2.75, 3.05) is 4.90 Å². The fourth-order valence-corrected chi connectivity index (χ4v) is 4.13. The van der Waals surface area contributed by atoms with E-state index in [0.717, 1.165) is 28.3 Å². The zero-order valence-electron chi connectivity index (χ0n) is 16.1. The molecule has 1 amide bonds. The van der Waals surface area contributed by atoms with Gasteiger partial charge in [0.15, 0.2) is 5.17 Å². The van der Waals surface area contributed by atoms with E-state index in [1.165, 1.54) is 11.8 Å². The fraction of sp³-hybridized carbons (Fsp3) is 0.130. The lowest BCUT2D eigenvalue weighted by atomic mass is 10.2. The van der Waals surface area contributed by atoms with E-state index in [-0.39, 0.29) is 5.91 Å². The molecular weight excluding hydrogens is 366 g/mol. The van der Waals surface area contributed by atoms with Gasteiger partial charge in [-0.15, -0.1) is 0 Å². The minimum atomic E-state index is -0.0493. The van der Waals surface area contributed by atoms with Crippen molar-refractivity contribution in [1.82, 2.24) is 4.57 Å². The number of amides is 1. The first kappa shape index (κ1) is 18.3. The Balaban J connectivity index is 1.79. The van der Waals surface area contributed by atoms with E-state index >= 15 is 0 Å². The molecule has 4 nitrogen and oxygen atoms in total. The molecule has 2 aromatic carbocycles. The van der Waals surface area contributed by atoms with Crippen LogP contribution in [0.15, 0.2) is 76.6 Å². The van der Waals surface area contributed by atoms with E-state index in [4.69, 9.17) is 4.99 Å². The Labute approximate surface area is 169 Å². The second-order valence-corrected chi connectivity index (χ2v) is 7.71. The summed E-state index contributed by atoms with van der Waals surface area (Å²) < 4.78 is 2.13. The molecule has 0 radical (unpaired) electrons. The van der Waals surface area contributed by atoms with Crippen LogP contribution in [-0.4, -0.2) is 15.6 Å². The molecule has 3 aromatic rings. The first-order valence-electron chi connectivity index (χ1n) is 9.10. The minimum Gasteiger partial charge on any atom is -0.352 e. The quantitative estimate of drug-likeness (QED) is 0.560. The third-order valence-electron chi connectivity index (χ3n) is 4.90. The summed E-state index contributed by atoms with van der Waals surface area (Å²) in [4.78, 5) is 20.4. The number of hydrogen-bond donors (Lipinski definition) is 0. The van der Waals surface area contributed by atoms with Crippen molar-refractivity contribution < 1.29 is 4.79 Å². The number of aromatic nitrogens is 1. The second kappa shape index (κ2) is 7.52. The smallest absolute Gasteiger partial charge is 0.271 e. The number of rotatable bonds is 3. The number of aryl methyl sites for hydroxylation is 1. The largest absolute Gasteiger partial charge is 0.352 e. The maximum Gasteiger partial charge on any atom is 0.271 e. The molecule has 0 N–H and O–H groups in total. The summed E-state index contributed by atoms with van der Waals surface area (Å²) in [6, 6.07) is 21.5. The lowest BCUT2D eigenvalue weighted by molar-refractivity contribution is -0.113. The number of amidine groups is 1. The van der Waals surface area contributed by atoms with Crippen molar-refractivity contribution >= 4 is 40.3 Å². The Morgan fingerprint density at radius 3 is 2.21 bits per heavy atom. The van der Waals surface area contributed by atoms with Gasteiger partial charge < -0.3 is 4.57 Å². The summed E-state index contributed by atoms with van der Waals surface area (Å²) in [6.07, 6.45) is 1.97. The van der Waals surface area contributed by atoms with E-state index in [9.17, 15) is 4.79 Å². The Kier molecular flexibility index (Phi) is 4.92. The van der Waals surface area contributed by atoms with Gasteiger partial charge in [-0.3, -0.25) is 9.69 Å². The second-order valence-electron chi connectivity index (χ2n) is 6.70. The summed E-state index contributed by atoms with van der Waals surface area (Å²) in [6.45, 7) is 4.13. The third-order valence-corrected chi connectivity index (χ3v) is 5.87. The Hall–Kier alpha value is -3.05. The lowest BCUT2D eigenvalue weighted by Gasteiger charge is -2.15. The Bertz CT molecular complexity index is 1080. The highest BCUT2D eigenvalue weighted by atomic mass is 32.2. The normalized spacial score (nSPS) is 17.1. The third kappa shape index (κ3) is 3.41. The molecule has 0 bridgehead atoms. The summed E-state index contributed by atoms with van der Waals surface area (Å²) >= 11 is 1.41. The zero-order valence-corrected chi connectivity index (χ0v) is 16.9. The van der Waals surface area contributed by atoms with Crippen LogP contribution in [0.4, 0.5) is 11.4 Å². The van der Waals surface area contributed by atoms with E-state index in [1.54, 1.807) is 4.90 Å². The molecule has 0 atom stereocenters. The molecule has 1 fully saturated rings. The minimum absolute atomic E-state index is 0.0493. The van der Waals surface area contributed by atoms with Gasteiger partial charge in [-0.25, -0.2) is 4.99 Å². The van der Waals surface area contributed by atoms with Crippen LogP contribution in [0, 0.1) is 13.8 Å². The molecule has 1 aliphatic heterocycles. The van der Waals surface area contributed by atoms with E-state index < -0.39 is 0 Å². The highest BCUT2D eigenvalue weighted by molar-refractivity contribution is 8.19. The van der Waals surface area contributed by atoms with Crippen LogP contribution >= 0.6 is 11.8 Å². The maximum absolute atomic E-state index is 13.3. The van der Waals surface area contributed by atoms with Crippen molar-refractivity contribution in [3.05, 3.63) is 88.6 Å². The molecule has 28 heavy (non-hydrogen) atoms. The van der Waals surface area contributed by atoms with Crippen LogP contribution in [-0.2, 0) is 11.8 Å². The molecule has 1 aliphatic rings. The van der Waals surface area contributed by atoms with Gasteiger partial charge in [0.2, 0.25) is 0 Å². The molecule has 0 unspecified atom stereocenters. The lowest BCUT2D eigenvalue weighted by Crippen LogP contribution is -2.28. The van der Waals surface area contributed by atoms with Gasteiger partial charge in [0, 0.05) is 18.4 Å². The maximum atomic E-state index is 13.3. The van der Waals surface area contributed by atoms with Crippen molar-refractivity contribution in [2.24, 2.45) is 12.0 Å². The number of benzene rings is 2. The van der Waals surface area contributed by atoms with Gasteiger partial charge in [0.1, 0.15) is 0 Å². The topological polar surface area (TPSA) is 37.6 Å². The number of thioether (sulfide) groups is 1. The number of aliphatic imine (C=N–C) groups is 1. The molecule has 5 heteroatoms. The van der Waals surface area contributed by atoms with E-state index in [2.05, 4.69) is 24.5 Å². The molecular formula is C23H21N3OS. The summed E-state index contributed by atoms with van der Waals surface area (Å²) in [7, 11) is 2.04. The number of carbonyl (C=O) groups excluding carboxylic acids is 1. The molecule has 1 aromatic heterocycles. The molecule has 2 heterocycles. The van der Waals surface area contributed by atoms with Gasteiger partial charge in [-0.1, -0.05) is 36.4 Å². The van der Waals surface area contributed by atoms with Gasteiger partial charge in [0.25, 0.3) is 5.91 Å². The predicted octanol–water partition coefficient (Wildman–Crippen LogP) is 5.45. The van der Waals surface area contributed by atoms with Crippen LogP contribution in [0.3, 0.4) is 0 Å². The number of anilines is 1. The van der Waals surface area contributed by atoms with Crippen LogP contribution in [0.2, 0.25) is 0 Å². The number of hydrogen-bond acceptors (Lipinski definition) is 3. The standard InChI is InChI=1S/C23H21N3OS/c1-16-14-18(17(2)25(16)3)15-21-22(27)26(20-12-8-5-9-13-20)23(28-21)24-19-10-6-4-7-11-19/h4-15H,1-3H3/b21-15-,24-23?. The molecule has 140 valence electrons. The van der Waals surface area contributed by atoms with Crippen molar-refractivity contribution in [1.29, 1.82) is 0 Å². The predicted molar refractivity (Wildman–Crippen MR) is 118 cm³/mol. The molecule has 0 aliphatic carbocycles. The first-order valence-corrected chi connectivity index (χ1v) is 9.92. The summed E-state index contributed by atoms with van der Waals surface area (Å²) in [5.74, 6) is -0.0493. The number of carbonyl (C=O) groups is 1. The summed E-state index contributed by atoms with van der Waals surface area (Å²) in [5.41, 5.74) is 5.01. The number of para-hydroxylation sites is 2. The molecule has 1 saturated heterocycles. The van der Waals surface area contributed by atoms with Gasteiger partial charge in [-0.2, -0.15) is 0 Å². The Morgan fingerprint density at radius 2 is 1.61 bits per heavy atom. The SMILES string of the molecule is Cc1cc(/C=C2\SC(=Nc3ccccc3)N(c3ccccc3)C2=O)c(C)n1C. The monoisotopic (exact) mass is 387 g/mol. The average Bonchev–Trinajstić information content (AvgIpc) is 3.14. The first-order chi connectivity index (χ1) is 13.5. The van der Waals surface area contributed by atoms with Crippen LogP contribution in [0.5, 0.6) is 0 Å². The zero-order chi connectivity index (χ0) is 19.7.